The van der Waals surface area contributed by atoms with E-state index in [1.165, 1.54) is 5.56 Å². The van der Waals surface area contributed by atoms with Gasteiger partial charge >= 0.3 is 0 Å². The van der Waals surface area contributed by atoms with Gasteiger partial charge in [0.05, 0.1) is 0 Å². The van der Waals surface area contributed by atoms with Crippen LogP contribution in [0.4, 0.5) is 0 Å². The maximum atomic E-state index is 6.40. The molecule has 0 aliphatic carbocycles. The predicted octanol–water partition coefficient (Wildman–Crippen LogP) is 3.30. The Morgan fingerprint density at radius 2 is 1.94 bits per heavy atom. The standard InChI is InChI=1S/C13H20BrNO/c1-10(8-9-16-3)13(2,15)11-4-6-12(14)7-5-11/h4-7,10H,8-9,15H2,1-3H3. The van der Waals surface area contributed by atoms with Gasteiger partial charge in [-0.1, -0.05) is 35.0 Å². The minimum absolute atomic E-state index is 0.306. The van der Waals surface area contributed by atoms with Crippen LogP contribution in [-0.4, -0.2) is 13.7 Å². The molecule has 0 fully saturated rings. The SMILES string of the molecule is COCCC(C)C(C)(N)c1ccc(Br)cc1. The van der Waals surface area contributed by atoms with E-state index in [4.69, 9.17) is 10.5 Å². The van der Waals surface area contributed by atoms with E-state index in [0.29, 0.717) is 5.92 Å². The van der Waals surface area contributed by atoms with Gasteiger partial charge in [-0.05, 0) is 37.0 Å². The van der Waals surface area contributed by atoms with Gasteiger partial charge in [0.1, 0.15) is 0 Å². The summed E-state index contributed by atoms with van der Waals surface area (Å²) < 4.78 is 6.18. The molecule has 0 spiro atoms. The minimum Gasteiger partial charge on any atom is -0.385 e. The normalized spacial score (nSPS) is 16.8. The number of ether oxygens (including phenoxy) is 1. The highest BCUT2D eigenvalue weighted by Gasteiger charge is 2.27. The lowest BCUT2D eigenvalue weighted by molar-refractivity contribution is 0.159. The highest BCUT2D eigenvalue weighted by Crippen LogP contribution is 2.29. The number of methoxy groups -OCH3 is 1. The van der Waals surface area contributed by atoms with Gasteiger partial charge in [0.15, 0.2) is 0 Å². The first-order valence-corrected chi connectivity index (χ1v) is 6.31. The second-order valence-corrected chi connectivity index (χ2v) is 5.39. The van der Waals surface area contributed by atoms with E-state index in [9.17, 15) is 0 Å². The fourth-order valence-electron chi connectivity index (χ4n) is 1.69. The Bertz CT molecular complexity index is 321. The molecule has 1 rings (SSSR count). The van der Waals surface area contributed by atoms with Gasteiger partial charge in [0.25, 0.3) is 0 Å². The molecule has 2 unspecified atom stereocenters. The molecule has 0 heterocycles. The van der Waals surface area contributed by atoms with Gasteiger partial charge in [-0.25, -0.2) is 0 Å². The molecule has 0 saturated heterocycles. The second kappa shape index (κ2) is 5.80. The first-order valence-electron chi connectivity index (χ1n) is 5.52. The molecular weight excluding hydrogens is 266 g/mol. The molecule has 1 aromatic rings. The molecule has 90 valence electrons. The lowest BCUT2D eigenvalue weighted by Crippen LogP contribution is -2.40. The number of rotatable bonds is 5. The Morgan fingerprint density at radius 3 is 2.44 bits per heavy atom. The van der Waals surface area contributed by atoms with Crippen molar-refractivity contribution in [2.45, 2.75) is 25.8 Å². The lowest BCUT2D eigenvalue weighted by atomic mass is 9.80. The molecule has 0 bridgehead atoms. The van der Waals surface area contributed by atoms with Gasteiger partial charge in [-0.3, -0.25) is 0 Å². The van der Waals surface area contributed by atoms with E-state index in [2.05, 4.69) is 41.9 Å². The van der Waals surface area contributed by atoms with Crippen LogP contribution in [0.3, 0.4) is 0 Å². The average Bonchev–Trinajstić information content (AvgIpc) is 2.26. The van der Waals surface area contributed by atoms with Crippen molar-refractivity contribution in [1.82, 2.24) is 0 Å². The van der Waals surface area contributed by atoms with E-state index in [0.717, 1.165) is 17.5 Å². The summed E-state index contributed by atoms with van der Waals surface area (Å²) in [6, 6.07) is 8.22. The van der Waals surface area contributed by atoms with Crippen molar-refractivity contribution in [2.75, 3.05) is 13.7 Å². The van der Waals surface area contributed by atoms with Crippen LogP contribution < -0.4 is 5.73 Å². The van der Waals surface area contributed by atoms with Crippen LogP contribution >= 0.6 is 15.9 Å². The van der Waals surface area contributed by atoms with Crippen molar-refractivity contribution in [3.63, 3.8) is 0 Å². The van der Waals surface area contributed by atoms with Crippen molar-refractivity contribution in [2.24, 2.45) is 11.7 Å². The molecule has 0 radical (unpaired) electrons. The van der Waals surface area contributed by atoms with Gasteiger partial charge < -0.3 is 10.5 Å². The van der Waals surface area contributed by atoms with Crippen LogP contribution in [0.25, 0.3) is 0 Å². The van der Waals surface area contributed by atoms with Crippen LogP contribution in [0.15, 0.2) is 28.7 Å². The first-order chi connectivity index (χ1) is 7.48. The molecule has 1 aromatic carbocycles. The van der Waals surface area contributed by atoms with Gasteiger partial charge in [-0.15, -0.1) is 0 Å². The van der Waals surface area contributed by atoms with Gasteiger partial charge in [0.2, 0.25) is 0 Å². The van der Waals surface area contributed by atoms with Crippen molar-refractivity contribution in [1.29, 1.82) is 0 Å². The van der Waals surface area contributed by atoms with Gasteiger partial charge in [0, 0.05) is 23.7 Å². The quantitative estimate of drug-likeness (QED) is 0.901. The van der Waals surface area contributed by atoms with Crippen LogP contribution in [0.2, 0.25) is 0 Å². The lowest BCUT2D eigenvalue weighted by Gasteiger charge is -2.32. The molecule has 0 aromatic heterocycles. The Hall–Kier alpha value is -0.380. The third kappa shape index (κ3) is 3.30. The highest BCUT2D eigenvalue weighted by atomic mass is 79.9. The molecule has 0 amide bonds. The molecular formula is C13H20BrNO. The summed E-state index contributed by atoms with van der Waals surface area (Å²) >= 11 is 3.43. The molecule has 2 atom stereocenters. The van der Waals surface area contributed by atoms with Crippen molar-refractivity contribution in [3.8, 4) is 0 Å². The number of nitrogens with two attached hydrogens (primary N) is 1. The molecule has 16 heavy (non-hydrogen) atoms. The van der Waals surface area contributed by atoms with E-state index in [1.54, 1.807) is 7.11 Å². The maximum Gasteiger partial charge on any atom is 0.0465 e. The van der Waals surface area contributed by atoms with E-state index < -0.39 is 0 Å². The fraction of sp³-hybridized carbons (Fsp3) is 0.538. The summed E-state index contributed by atoms with van der Waals surface area (Å²) in [5, 5.41) is 0. The van der Waals surface area contributed by atoms with E-state index >= 15 is 0 Å². The number of halogens is 1. The zero-order valence-electron chi connectivity index (χ0n) is 10.2. The molecule has 2 N–H and O–H groups in total. The Morgan fingerprint density at radius 1 is 1.38 bits per heavy atom. The average molecular weight is 286 g/mol. The van der Waals surface area contributed by atoms with Crippen LogP contribution in [0.1, 0.15) is 25.8 Å². The molecule has 3 heteroatoms. The maximum absolute atomic E-state index is 6.40. The van der Waals surface area contributed by atoms with Gasteiger partial charge in [-0.2, -0.15) is 0 Å². The second-order valence-electron chi connectivity index (χ2n) is 4.47. The zero-order chi connectivity index (χ0) is 12.2. The number of hydrogen-bond acceptors (Lipinski definition) is 2. The molecule has 0 aliphatic heterocycles. The summed E-state index contributed by atoms with van der Waals surface area (Å²) in [6.45, 7) is 5.00. The fourth-order valence-corrected chi connectivity index (χ4v) is 1.95. The monoisotopic (exact) mass is 285 g/mol. The molecule has 0 aliphatic rings. The topological polar surface area (TPSA) is 35.2 Å². The Kier molecular flexibility index (Phi) is 4.96. The van der Waals surface area contributed by atoms with Crippen molar-refractivity contribution < 1.29 is 4.74 Å². The first kappa shape index (κ1) is 13.7. The zero-order valence-corrected chi connectivity index (χ0v) is 11.8. The van der Waals surface area contributed by atoms with Crippen LogP contribution in [-0.2, 0) is 10.3 Å². The summed E-state index contributed by atoms with van der Waals surface area (Å²) in [4.78, 5) is 0. The number of hydrogen-bond donors (Lipinski definition) is 1. The Balaban J connectivity index is 2.79. The summed E-state index contributed by atoms with van der Waals surface area (Å²) in [5.74, 6) is 0.383. The minimum atomic E-state index is -0.306. The van der Waals surface area contributed by atoms with Crippen molar-refractivity contribution >= 4 is 15.9 Å². The predicted molar refractivity (Wildman–Crippen MR) is 71.3 cm³/mol. The summed E-state index contributed by atoms with van der Waals surface area (Å²) in [7, 11) is 1.72. The third-order valence-corrected chi connectivity index (χ3v) is 3.77. The van der Waals surface area contributed by atoms with Crippen molar-refractivity contribution in [3.05, 3.63) is 34.3 Å². The molecule has 0 saturated carbocycles. The Labute approximate surface area is 106 Å². The third-order valence-electron chi connectivity index (χ3n) is 3.24. The highest BCUT2D eigenvalue weighted by molar-refractivity contribution is 9.10. The largest absolute Gasteiger partial charge is 0.385 e. The van der Waals surface area contributed by atoms with Crippen LogP contribution in [0.5, 0.6) is 0 Å². The summed E-state index contributed by atoms with van der Waals surface area (Å²) in [6.07, 6.45) is 0.972. The number of benzene rings is 1. The van der Waals surface area contributed by atoms with E-state index in [1.807, 2.05) is 12.1 Å². The summed E-state index contributed by atoms with van der Waals surface area (Å²) in [5.41, 5.74) is 7.26. The molecule has 2 nitrogen and oxygen atoms in total. The smallest absolute Gasteiger partial charge is 0.0465 e. The van der Waals surface area contributed by atoms with E-state index in [-0.39, 0.29) is 5.54 Å². The van der Waals surface area contributed by atoms with Crippen LogP contribution in [0, 0.1) is 5.92 Å².